The van der Waals surface area contributed by atoms with Crippen LogP contribution in [0.4, 0.5) is 5.69 Å². The van der Waals surface area contributed by atoms with Gasteiger partial charge in [0, 0.05) is 29.3 Å². The maximum absolute atomic E-state index is 11.1. The summed E-state index contributed by atoms with van der Waals surface area (Å²) in [5, 5.41) is 0.917. The molecule has 0 atom stereocenters. The molecule has 0 aliphatic rings. The van der Waals surface area contributed by atoms with E-state index in [1.54, 1.807) is 6.07 Å². The van der Waals surface area contributed by atoms with E-state index >= 15 is 0 Å². The van der Waals surface area contributed by atoms with E-state index in [-0.39, 0.29) is 5.63 Å². The van der Waals surface area contributed by atoms with Crippen molar-refractivity contribution in [3.63, 3.8) is 0 Å². The molecule has 0 bridgehead atoms. The number of aryl methyl sites for hydroxylation is 1. The van der Waals surface area contributed by atoms with Gasteiger partial charge in [-0.05, 0) is 24.6 Å². The van der Waals surface area contributed by atoms with Crippen molar-refractivity contribution in [1.29, 1.82) is 0 Å². The third-order valence-corrected chi connectivity index (χ3v) is 2.28. The Hall–Kier alpha value is -1.48. The van der Waals surface area contributed by atoms with Crippen molar-refractivity contribution in [2.75, 3.05) is 4.84 Å². The number of hydrogen-bond acceptors (Lipinski definition) is 3. The summed E-state index contributed by atoms with van der Waals surface area (Å²) in [5.41, 5.74) is 1.80. The average Bonchev–Trinajstić information content (AvgIpc) is 2.16. The fourth-order valence-electron chi connectivity index (χ4n) is 1.38. The number of benzene rings is 1. The van der Waals surface area contributed by atoms with Gasteiger partial charge in [0.05, 0.1) is 5.69 Å². The summed E-state index contributed by atoms with van der Waals surface area (Å²) in [6, 6.07) is 6.84. The van der Waals surface area contributed by atoms with E-state index in [1.165, 1.54) is 6.07 Å². The van der Waals surface area contributed by atoms with Gasteiger partial charge in [-0.25, -0.2) is 4.79 Å². The predicted octanol–water partition coefficient (Wildman–Crippen LogP) is 2.67. The number of rotatable bonds is 1. The highest BCUT2D eigenvalue weighted by molar-refractivity contribution is 6.24. The van der Waals surface area contributed by atoms with Crippen LogP contribution in [0, 0.1) is 6.92 Å². The van der Waals surface area contributed by atoms with E-state index in [0.717, 1.165) is 10.9 Å². The van der Waals surface area contributed by atoms with Gasteiger partial charge in [-0.3, -0.25) is 4.84 Å². The first-order chi connectivity index (χ1) is 6.70. The van der Waals surface area contributed by atoms with Crippen LogP contribution >= 0.6 is 11.8 Å². The van der Waals surface area contributed by atoms with Crippen LogP contribution in [0.3, 0.4) is 0 Å². The Kier molecular flexibility index (Phi) is 2.17. The quantitative estimate of drug-likeness (QED) is 0.580. The summed E-state index contributed by atoms with van der Waals surface area (Å²) in [7, 11) is 0. The first-order valence-electron chi connectivity index (χ1n) is 4.12. The van der Waals surface area contributed by atoms with Crippen molar-refractivity contribution in [3.8, 4) is 0 Å². The highest BCUT2D eigenvalue weighted by Gasteiger charge is 2.02. The molecule has 1 aromatic carbocycles. The molecule has 0 fully saturated rings. The van der Waals surface area contributed by atoms with Crippen molar-refractivity contribution in [1.82, 2.24) is 0 Å². The molecule has 1 aromatic heterocycles. The summed E-state index contributed by atoms with van der Waals surface area (Å²) in [6.07, 6.45) is 0. The Labute approximate surface area is 85.4 Å². The molecule has 0 aliphatic heterocycles. The van der Waals surface area contributed by atoms with Crippen molar-refractivity contribution in [3.05, 3.63) is 40.2 Å². The maximum Gasteiger partial charge on any atom is 0.336 e. The molecule has 0 saturated heterocycles. The van der Waals surface area contributed by atoms with Gasteiger partial charge in [-0.15, -0.1) is 0 Å². The Morgan fingerprint density at radius 3 is 2.86 bits per heavy atom. The van der Waals surface area contributed by atoms with Crippen LogP contribution in [-0.4, -0.2) is 0 Å². The fraction of sp³-hybridized carbons (Fsp3) is 0.100. The van der Waals surface area contributed by atoms with Crippen LogP contribution in [0.2, 0.25) is 0 Å². The molecule has 2 rings (SSSR count). The van der Waals surface area contributed by atoms with E-state index in [0.29, 0.717) is 11.3 Å². The Morgan fingerprint density at radius 2 is 2.14 bits per heavy atom. The van der Waals surface area contributed by atoms with Crippen LogP contribution in [0.25, 0.3) is 11.0 Å². The minimum atomic E-state index is -0.346. The van der Waals surface area contributed by atoms with E-state index < -0.39 is 0 Å². The molecule has 0 saturated carbocycles. The lowest BCUT2D eigenvalue weighted by Crippen LogP contribution is -1.97. The lowest BCUT2D eigenvalue weighted by atomic mass is 10.1. The van der Waals surface area contributed by atoms with Gasteiger partial charge in [-0.2, -0.15) is 0 Å². The summed E-state index contributed by atoms with van der Waals surface area (Å²) in [6.45, 7) is 1.87. The van der Waals surface area contributed by atoms with Crippen LogP contribution in [0.5, 0.6) is 0 Å². The highest BCUT2D eigenvalue weighted by atomic mass is 35.5. The zero-order valence-electron chi connectivity index (χ0n) is 7.50. The first-order valence-corrected chi connectivity index (χ1v) is 4.49. The smallest absolute Gasteiger partial charge is 0.336 e. The van der Waals surface area contributed by atoms with Crippen molar-refractivity contribution in [2.24, 2.45) is 0 Å². The van der Waals surface area contributed by atoms with Gasteiger partial charge in [0.25, 0.3) is 0 Å². The highest BCUT2D eigenvalue weighted by Crippen LogP contribution is 2.20. The standard InChI is InChI=1S/C10H8ClNO2/c1-6-4-10(13)14-9-5-7(12-11)2-3-8(6)9/h2-5,12H,1H3. The largest absolute Gasteiger partial charge is 0.423 e. The zero-order valence-corrected chi connectivity index (χ0v) is 8.26. The minimum Gasteiger partial charge on any atom is -0.423 e. The molecular formula is C10H8ClNO2. The SMILES string of the molecule is Cc1cc(=O)oc2cc(NCl)ccc12. The van der Waals surface area contributed by atoms with Gasteiger partial charge in [0.15, 0.2) is 0 Å². The summed E-state index contributed by atoms with van der Waals surface area (Å²) in [5.74, 6) is 0. The molecule has 14 heavy (non-hydrogen) atoms. The molecule has 0 amide bonds. The Bertz CT molecular complexity index is 533. The summed E-state index contributed by atoms with van der Waals surface area (Å²) in [4.78, 5) is 13.6. The number of nitrogens with one attached hydrogen (secondary N) is 1. The second-order valence-electron chi connectivity index (χ2n) is 3.05. The first kappa shape index (κ1) is 9.09. The van der Waals surface area contributed by atoms with Crippen molar-refractivity contribution >= 4 is 28.4 Å². The van der Waals surface area contributed by atoms with Gasteiger partial charge in [0.2, 0.25) is 0 Å². The average molecular weight is 210 g/mol. The van der Waals surface area contributed by atoms with E-state index in [1.807, 2.05) is 19.1 Å². The van der Waals surface area contributed by atoms with Gasteiger partial charge in [0.1, 0.15) is 5.58 Å². The van der Waals surface area contributed by atoms with Gasteiger partial charge >= 0.3 is 5.63 Å². The molecule has 1 heterocycles. The van der Waals surface area contributed by atoms with Gasteiger partial charge in [-0.1, -0.05) is 0 Å². The van der Waals surface area contributed by atoms with Crippen molar-refractivity contribution < 1.29 is 4.42 Å². The topological polar surface area (TPSA) is 42.2 Å². The number of halogens is 1. The number of fused-ring (bicyclic) bond motifs is 1. The number of anilines is 1. The molecule has 0 radical (unpaired) electrons. The third kappa shape index (κ3) is 1.46. The molecule has 0 unspecified atom stereocenters. The van der Waals surface area contributed by atoms with Crippen LogP contribution in [0.15, 0.2) is 33.5 Å². The predicted molar refractivity (Wildman–Crippen MR) is 56.7 cm³/mol. The second-order valence-corrected chi connectivity index (χ2v) is 3.24. The summed E-state index contributed by atoms with van der Waals surface area (Å²) < 4.78 is 5.03. The molecule has 2 aromatic rings. The molecular weight excluding hydrogens is 202 g/mol. The van der Waals surface area contributed by atoms with E-state index in [4.69, 9.17) is 16.2 Å². The van der Waals surface area contributed by atoms with Crippen LogP contribution < -0.4 is 10.5 Å². The Morgan fingerprint density at radius 1 is 1.36 bits per heavy atom. The second kappa shape index (κ2) is 3.35. The van der Waals surface area contributed by atoms with Gasteiger partial charge < -0.3 is 4.42 Å². The normalized spacial score (nSPS) is 10.4. The van der Waals surface area contributed by atoms with Crippen molar-refractivity contribution in [2.45, 2.75) is 6.92 Å². The van der Waals surface area contributed by atoms with E-state index in [9.17, 15) is 4.79 Å². The monoisotopic (exact) mass is 209 g/mol. The zero-order chi connectivity index (χ0) is 10.1. The van der Waals surface area contributed by atoms with E-state index in [2.05, 4.69) is 4.84 Å². The minimum absolute atomic E-state index is 0.346. The lowest BCUT2D eigenvalue weighted by molar-refractivity contribution is 0.560. The molecule has 0 aliphatic carbocycles. The van der Waals surface area contributed by atoms with Crippen LogP contribution in [-0.2, 0) is 0 Å². The molecule has 4 heteroatoms. The summed E-state index contributed by atoms with van der Waals surface area (Å²) >= 11 is 5.44. The molecule has 3 nitrogen and oxygen atoms in total. The Balaban J connectivity index is 2.82. The molecule has 0 spiro atoms. The lowest BCUT2D eigenvalue weighted by Gasteiger charge is -2.02. The molecule has 72 valence electrons. The third-order valence-electron chi connectivity index (χ3n) is 2.06. The fourth-order valence-corrected chi connectivity index (χ4v) is 1.50. The molecule has 1 N–H and O–H groups in total. The van der Waals surface area contributed by atoms with Crippen LogP contribution in [0.1, 0.15) is 5.56 Å². The number of hydrogen-bond donors (Lipinski definition) is 1. The maximum atomic E-state index is 11.1.